The molecule has 0 aliphatic carbocycles. The van der Waals surface area contributed by atoms with Gasteiger partial charge in [0.05, 0.1) is 12.2 Å². The van der Waals surface area contributed by atoms with E-state index in [1.807, 2.05) is 6.92 Å². The molecule has 22 heavy (non-hydrogen) atoms. The maximum absolute atomic E-state index is 11.1. The number of carbonyl (C=O) groups excluding carboxylic acids is 1. The number of rotatable bonds is 3. The molecular weight excluding hydrogens is 284 g/mol. The molecule has 2 aromatic rings. The highest BCUT2D eigenvalue weighted by Gasteiger charge is 2.09. The van der Waals surface area contributed by atoms with Crippen LogP contribution in [0.2, 0.25) is 0 Å². The summed E-state index contributed by atoms with van der Waals surface area (Å²) in [7, 11) is 0. The normalized spacial score (nSPS) is 9.36. The van der Waals surface area contributed by atoms with Crippen molar-refractivity contribution < 1.29 is 24.5 Å². The standard InChI is InChI=1S/C9H10O3.C8H8O2/c1-2-12-9(11)7-5-3-4-6-8(7)10;1-6-2-4-7(5-3-6)8(9)10/h3-6,10H,2H2,1H3;2-5H,1H3,(H,9,10). The largest absolute Gasteiger partial charge is 0.507 e. The summed E-state index contributed by atoms with van der Waals surface area (Å²) in [5.74, 6) is -1.41. The molecule has 0 saturated carbocycles. The smallest absolute Gasteiger partial charge is 0.341 e. The van der Waals surface area contributed by atoms with Crippen molar-refractivity contribution in [2.75, 3.05) is 6.61 Å². The topological polar surface area (TPSA) is 83.8 Å². The lowest BCUT2D eigenvalue weighted by molar-refractivity contribution is 0.0522. The van der Waals surface area contributed by atoms with E-state index in [2.05, 4.69) is 0 Å². The van der Waals surface area contributed by atoms with Crippen LogP contribution in [0.5, 0.6) is 5.75 Å². The fourth-order valence-corrected chi connectivity index (χ4v) is 1.55. The van der Waals surface area contributed by atoms with Gasteiger partial charge < -0.3 is 14.9 Å². The number of carbonyl (C=O) groups is 2. The van der Waals surface area contributed by atoms with E-state index >= 15 is 0 Å². The van der Waals surface area contributed by atoms with E-state index in [-0.39, 0.29) is 11.3 Å². The molecule has 5 heteroatoms. The Hall–Kier alpha value is -2.82. The van der Waals surface area contributed by atoms with Gasteiger partial charge in [-0.1, -0.05) is 29.8 Å². The first-order valence-corrected chi connectivity index (χ1v) is 6.70. The molecule has 0 heterocycles. The number of phenolic OH excluding ortho intramolecular Hbond substituents is 1. The summed E-state index contributed by atoms with van der Waals surface area (Å²) in [5, 5.41) is 17.7. The van der Waals surface area contributed by atoms with Crippen molar-refractivity contribution in [3.8, 4) is 5.75 Å². The molecule has 0 saturated heterocycles. The highest BCUT2D eigenvalue weighted by Crippen LogP contribution is 2.16. The zero-order chi connectivity index (χ0) is 16.5. The molecule has 0 bridgehead atoms. The van der Waals surface area contributed by atoms with Crippen molar-refractivity contribution in [2.45, 2.75) is 13.8 Å². The van der Waals surface area contributed by atoms with Crippen molar-refractivity contribution in [2.24, 2.45) is 0 Å². The minimum atomic E-state index is -0.875. The molecule has 2 rings (SSSR count). The number of benzene rings is 2. The Morgan fingerprint density at radius 1 is 1.05 bits per heavy atom. The first-order chi connectivity index (χ1) is 10.5. The summed E-state index contributed by atoms with van der Waals surface area (Å²) in [6.07, 6.45) is 0. The van der Waals surface area contributed by atoms with Gasteiger partial charge in [0.2, 0.25) is 0 Å². The van der Waals surface area contributed by atoms with Gasteiger partial charge in [-0.2, -0.15) is 0 Å². The number of hydrogen-bond acceptors (Lipinski definition) is 4. The molecule has 0 aliphatic rings. The van der Waals surface area contributed by atoms with E-state index in [1.165, 1.54) is 12.1 Å². The number of para-hydroxylation sites is 1. The number of ether oxygens (including phenoxy) is 1. The molecule has 2 aromatic carbocycles. The molecule has 5 nitrogen and oxygen atoms in total. The van der Waals surface area contributed by atoms with Gasteiger partial charge in [0.15, 0.2) is 0 Å². The maximum Gasteiger partial charge on any atom is 0.341 e. The number of hydrogen-bond donors (Lipinski definition) is 2. The third-order valence-electron chi connectivity index (χ3n) is 2.70. The van der Waals surface area contributed by atoms with Crippen LogP contribution in [0.4, 0.5) is 0 Å². The maximum atomic E-state index is 11.1. The summed E-state index contributed by atoms with van der Waals surface area (Å²) in [6, 6.07) is 13.0. The quantitative estimate of drug-likeness (QED) is 0.850. The number of carboxylic acids is 1. The molecule has 0 spiro atoms. The van der Waals surface area contributed by atoms with E-state index in [9.17, 15) is 14.7 Å². The lowest BCUT2D eigenvalue weighted by atomic mass is 10.2. The van der Waals surface area contributed by atoms with Gasteiger partial charge in [-0.05, 0) is 38.1 Å². The van der Waals surface area contributed by atoms with Crippen LogP contribution in [-0.2, 0) is 4.74 Å². The van der Waals surface area contributed by atoms with Crippen LogP contribution in [0.1, 0.15) is 33.2 Å². The Bertz CT molecular complexity index is 632. The Kier molecular flexibility index (Phi) is 6.63. The minimum Gasteiger partial charge on any atom is -0.507 e. The summed E-state index contributed by atoms with van der Waals surface area (Å²) < 4.78 is 4.71. The van der Waals surface area contributed by atoms with Crippen LogP contribution < -0.4 is 0 Å². The second-order valence-electron chi connectivity index (χ2n) is 4.41. The number of carboxylic acid groups (broad SMARTS) is 1. The molecule has 0 amide bonds. The predicted octanol–water partition coefficient (Wildman–Crippen LogP) is 3.26. The number of aryl methyl sites for hydroxylation is 1. The molecule has 116 valence electrons. The second-order valence-corrected chi connectivity index (χ2v) is 4.41. The molecule has 0 unspecified atom stereocenters. The van der Waals surface area contributed by atoms with Crippen molar-refractivity contribution in [1.29, 1.82) is 0 Å². The average Bonchev–Trinajstić information content (AvgIpc) is 2.49. The van der Waals surface area contributed by atoms with Crippen LogP contribution in [0.3, 0.4) is 0 Å². The van der Waals surface area contributed by atoms with Crippen molar-refractivity contribution >= 4 is 11.9 Å². The fourth-order valence-electron chi connectivity index (χ4n) is 1.55. The van der Waals surface area contributed by atoms with Crippen LogP contribution in [-0.4, -0.2) is 28.8 Å². The SMILES string of the molecule is CCOC(=O)c1ccccc1O.Cc1ccc(C(=O)O)cc1. The number of aromatic carboxylic acids is 1. The van der Waals surface area contributed by atoms with Crippen LogP contribution in [0, 0.1) is 6.92 Å². The molecule has 0 radical (unpaired) electrons. The number of aromatic hydroxyl groups is 1. The first-order valence-electron chi connectivity index (χ1n) is 6.70. The Morgan fingerprint density at radius 2 is 1.64 bits per heavy atom. The van der Waals surface area contributed by atoms with Gasteiger partial charge in [0, 0.05) is 0 Å². The lowest BCUT2D eigenvalue weighted by Gasteiger charge is -2.02. The average molecular weight is 302 g/mol. The van der Waals surface area contributed by atoms with Gasteiger partial charge in [-0.15, -0.1) is 0 Å². The molecular formula is C17H18O5. The lowest BCUT2D eigenvalue weighted by Crippen LogP contribution is -2.04. The zero-order valence-electron chi connectivity index (χ0n) is 12.4. The second kappa shape index (κ2) is 8.46. The van der Waals surface area contributed by atoms with Gasteiger partial charge in [0.25, 0.3) is 0 Å². The summed E-state index contributed by atoms with van der Waals surface area (Å²) in [4.78, 5) is 21.4. The molecule has 0 atom stereocenters. The third-order valence-corrected chi connectivity index (χ3v) is 2.70. The first kappa shape index (κ1) is 17.2. The van der Waals surface area contributed by atoms with Crippen LogP contribution in [0.15, 0.2) is 48.5 Å². The van der Waals surface area contributed by atoms with Crippen molar-refractivity contribution in [3.05, 3.63) is 65.2 Å². The van der Waals surface area contributed by atoms with Crippen LogP contribution >= 0.6 is 0 Å². The van der Waals surface area contributed by atoms with Gasteiger partial charge in [0.1, 0.15) is 11.3 Å². The van der Waals surface area contributed by atoms with E-state index in [0.717, 1.165) is 5.56 Å². The fraction of sp³-hybridized carbons (Fsp3) is 0.176. The molecule has 2 N–H and O–H groups in total. The molecule has 0 fully saturated rings. The summed E-state index contributed by atoms with van der Waals surface area (Å²) in [5.41, 5.74) is 1.62. The number of phenols is 1. The summed E-state index contributed by atoms with van der Waals surface area (Å²) in [6.45, 7) is 3.96. The molecule has 0 aromatic heterocycles. The van der Waals surface area contributed by atoms with Gasteiger partial charge in [-0.25, -0.2) is 9.59 Å². The van der Waals surface area contributed by atoms with Crippen LogP contribution in [0.25, 0.3) is 0 Å². The third kappa shape index (κ3) is 5.28. The summed E-state index contributed by atoms with van der Waals surface area (Å²) >= 11 is 0. The minimum absolute atomic E-state index is 0.0454. The Morgan fingerprint density at radius 3 is 2.14 bits per heavy atom. The Balaban J connectivity index is 0.000000224. The van der Waals surface area contributed by atoms with E-state index in [4.69, 9.17) is 9.84 Å². The van der Waals surface area contributed by atoms with Gasteiger partial charge in [-0.3, -0.25) is 0 Å². The zero-order valence-corrected chi connectivity index (χ0v) is 12.4. The van der Waals surface area contributed by atoms with E-state index < -0.39 is 11.9 Å². The Labute approximate surface area is 128 Å². The van der Waals surface area contributed by atoms with Gasteiger partial charge >= 0.3 is 11.9 Å². The number of esters is 1. The van der Waals surface area contributed by atoms with Crippen molar-refractivity contribution in [3.63, 3.8) is 0 Å². The highest BCUT2D eigenvalue weighted by molar-refractivity contribution is 5.92. The van der Waals surface area contributed by atoms with Crippen molar-refractivity contribution in [1.82, 2.24) is 0 Å². The molecule has 0 aliphatic heterocycles. The van der Waals surface area contributed by atoms with E-state index in [0.29, 0.717) is 12.2 Å². The van der Waals surface area contributed by atoms with E-state index in [1.54, 1.807) is 43.3 Å². The predicted molar refractivity (Wildman–Crippen MR) is 82.2 cm³/mol. The highest BCUT2D eigenvalue weighted by atomic mass is 16.5. The monoisotopic (exact) mass is 302 g/mol.